The number of hydrogen-bond acceptors (Lipinski definition) is 6. The van der Waals surface area contributed by atoms with Crippen LogP contribution >= 0.6 is 11.6 Å². The molecule has 1 saturated heterocycles. The average molecular weight is 441 g/mol. The van der Waals surface area contributed by atoms with Crippen molar-refractivity contribution in [2.75, 3.05) is 36.5 Å². The maximum Gasteiger partial charge on any atom is 0.224 e. The maximum atomic E-state index is 12.9. The monoisotopic (exact) mass is 440 g/mol. The molecule has 3 unspecified atom stereocenters. The topological polar surface area (TPSA) is 94.3 Å². The Labute approximate surface area is 185 Å². The number of anilines is 2. The van der Waals surface area contributed by atoms with Gasteiger partial charge in [0.2, 0.25) is 5.91 Å². The number of hydrogen-bond donors (Lipinski definition) is 4. The van der Waals surface area contributed by atoms with E-state index < -0.39 is 5.38 Å². The summed E-state index contributed by atoms with van der Waals surface area (Å²) in [7, 11) is 0. The van der Waals surface area contributed by atoms with Crippen LogP contribution in [0.1, 0.15) is 17.4 Å². The highest BCUT2D eigenvalue weighted by Crippen LogP contribution is 2.34. The lowest BCUT2D eigenvalue weighted by Gasteiger charge is -2.33. The molecule has 1 fully saturated rings. The molecule has 0 spiro atoms. The third kappa shape index (κ3) is 4.19. The summed E-state index contributed by atoms with van der Waals surface area (Å²) in [5, 5.41) is 17.4. The second kappa shape index (κ2) is 8.74. The number of aromatic nitrogens is 2. The Bertz CT molecular complexity index is 1070. The minimum Gasteiger partial charge on any atom is -0.374 e. The van der Waals surface area contributed by atoms with Gasteiger partial charge in [0.25, 0.3) is 0 Å². The molecule has 1 aromatic heterocycles. The van der Waals surface area contributed by atoms with Gasteiger partial charge in [0, 0.05) is 31.4 Å². The number of fused-ring (bicyclic) bond motifs is 2. The van der Waals surface area contributed by atoms with Crippen molar-refractivity contribution in [3.05, 3.63) is 54.2 Å². The minimum atomic E-state index is -0.454. The molecule has 5 rings (SSSR count). The molecular weight excluding hydrogens is 416 g/mol. The quantitative estimate of drug-likeness (QED) is 0.440. The Balaban J connectivity index is 1.28. The molecule has 0 saturated carbocycles. The molecule has 0 bridgehead atoms. The molecule has 4 N–H and O–H groups in total. The highest BCUT2D eigenvalue weighted by molar-refractivity contribution is 6.22. The first kappa shape index (κ1) is 20.1. The van der Waals surface area contributed by atoms with E-state index >= 15 is 0 Å². The molecule has 0 aliphatic carbocycles. The first-order valence-electron chi connectivity index (χ1n) is 10.5. The Hall–Kier alpha value is -2.81. The fraction of sp³-hybridized carbons (Fsp3) is 0.364. The standard InChI is InChI=1S/C22H25ClN6O2/c23-17(15-4-3-6-18-16(15)12-25-28-18)10-21(30)27-22-26-19-5-1-2-7-20(19)29(22)13-14-11-24-8-9-31-14/h1-7,12,14,17,22,24,26H,8-11,13H2,(H,25,28)(H,27,30). The van der Waals surface area contributed by atoms with Crippen LogP contribution < -0.4 is 20.9 Å². The number of carbonyl (C=O) groups is 1. The van der Waals surface area contributed by atoms with E-state index in [1.807, 2.05) is 36.4 Å². The van der Waals surface area contributed by atoms with Crippen molar-refractivity contribution in [3.63, 3.8) is 0 Å². The van der Waals surface area contributed by atoms with Gasteiger partial charge in [-0.3, -0.25) is 9.89 Å². The van der Waals surface area contributed by atoms with E-state index in [0.29, 0.717) is 13.2 Å². The molecule has 1 amide bonds. The largest absolute Gasteiger partial charge is 0.374 e. The number of alkyl halides is 1. The number of halogens is 1. The molecule has 3 aromatic rings. The zero-order valence-corrected chi connectivity index (χ0v) is 17.7. The normalized spacial score (nSPS) is 21.5. The first-order chi connectivity index (χ1) is 15.2. The number of rotatable bonds is 6. The lowest BCUT2D eigenvalue weighted by atomic mass is 10.0. The van der Waals surface area contributed by atoms with E-state index in [1.54, 1.807) is 6.20 Å². The van der Waals surface area contributed by atoms with Gasteiger partial charge < -0.3 is 25.6 Å². The number of amides is 1. The Morgan fingerprint density at radius 3 is 3.06 bits per heavy atom. The van der Waals surface area contributed by atoms with E-state index in [4.69, 9.17) is 16.3 Å². The Morgan fingerprint density at radius 1 is 1.29 bits per heavy atom. The highest BCUT2D eigenvalue weighted by Gasteiger charge is 2.32. The molecule has 3 heterocycles. The van der Waals surface area contributed by atoms with Crippen LogP contribution in [0.4, 0.5) is 11.4 Å². The molecule has 2 aliphatic heterocycles. The van der Waals surface area contributed by atoms with Crippen LogP contribution in [0.3, 0.4) is 0 Å². The number of nitrogens with one attached hydrogen (secondary N) is 4. The van der Waals surface area contributed by atoms with E-state index in [2.05, 4.69) is 37.1 Å². The Morgan fingerprint density at radius 2 is 2.19 bits per heavy atom. The predicted octanol–water partition coefficient (Wildman–Crippen LogP) is 2.55. The van der Waals surface area contributed by atoms with Crippen LogP contribution in [0.15, 0.2) is 48.7 Å². The van der Waals surface area contributed by atoms with Crippen molar-refractivity contribution in [1.29, 1.82) is 0 Å². The number of para-hydroxylation sites is 2. The predicted molar refractivity (Wildman–Crippen MR) is 121 cm³/mol. The number of H-pyrrole nitrogens is 1. The summed E-state index contributed by atoms with van der Waals surface area (Å²) in [4.78, 5) is 15.1. The third-order valence-electron chi connectivity index (χ3n) is 5.74. The molecule has 8 nitrogen and oxygen atoms in total. The molecule has 31 heavy (non-hydrogen) atoms. The SMILES string of the molecule is O=C(CC(Cl)c1cccc2[nH]ncc12)NC1Nc2ccccc2N1CC1CNCCO1. The molecule has 2 aromatic carbocycles. The summed E-state index contributed by atoms with van der Waals surface area (Å²) < 4.78 is 5.89. The smallest absolute Gasteiger partial charge is 0.224 e. The van der Waals surface area contributed by atoms with Crippen molar-refractivity contribution in [2.24, 2.45) is 0 Å². The van der Waals surface area contributed by atoms with Gasteiger partial charge in [0.05, 0.1) is 41.2 Å². The second-order valence-electron chi connectivity index (χ2n) is 7.83. The molecule has 2 aliphatic rings. The van der Waals surface area contributed by atoms with E-state index in [0.717, 1.165) is 40.9 Å². The molecule has 3 atom stereocenters. The fourth-order valence-corrected chi connectivity index (χ4v) is 4.56. The van der Waals surface area contributed by atoms with Gasteiger partial charge in [-0.1, -0.05) is 24.3 Å². The van der Waals surface area contributed by atoms with Gasteiger partial charge in [0.1, 0.15) is 0 Å². The van der Waals surface area contributed by atoms with Gasteiger partial charge in [-0.2, -0.15) is 5.10 Å². The molecular formula is C22H25ClN6O2. The number of aromatic amines is 1. The van der Waals surface area contributed by atoms with E-state index in [-0.39, 0.29) is 24.7 Å². The Kier molecular flexibility index (Phi) is 5.67. The zero-order chi connectivity index (χ0) is 21.2. The number of benzene rings is 2. The van der Waals surface area contributed by atoms with Crippen molar-refractivity contribution < 1.29 is 9.53 Å². The number of nitrogens with zero attached hydrogens (tertiary/aromatic N) is 2. The number of carbonyl (C=O) groups excluding carboxylic acids is 1. The zero-order valence-electron chi connectivity index (χ0n) is 17.0. The first-order valence-corrected chi connectivity index (χ1v) is 10.9. The van der Waals surface area contributed by atoms with Gasteiger partial charge in [-0.05, 0) is 23.8 Å². The average Bonchev–Trinajstić information content (AvgIpc) is 3.39. The third-order valence-corrected chi connectivity index (χ3v) is 6.13. The van der Waals surface area contributed by atoms with Crippen molar-refractivity contribution >= 4 is 39.8 Å². The summed E-state index contributed by atoms with van der Waals surface area (Å²) in [5.74, 6) is -0.126. The van der Waals surface area contributed by atoms with E-state index in [9.17, 15) is 4.79 Å². The van der Waals surface area contributed by atoms with Crippen molar-refractivity contribution in [3.8, 4) is 0 Å². The summed E-state index contributed by atoms with van der Waals surface area (Å²) >= 11 is 6.64. The lowest BCUT2D eigenvalue weighted by Crippen LogP contribution is -2.54. The number of ether oxygens (including phenoxy) is 1. The van der Waals surface area contributed by atoms with Crippen LogP contribution in [0.2, 0.25) is 0 Å². The van der Waals surface area contributed by atoms with Crippen LogP contribution in [-0.4, -0.2) is 54.7 Å². The summed E-state index contributed by atoms with van der Waals surface area (Å²) in [5.41, 5.74) is 3.84. The van der Waals surface area contributed by atoms with E-state index in [1.165, 1.54) is 0 Å². The second-order valence-corrected chi connectivity index (χ2v) is 8.36. The van der Waals surface area contributed by atoms with Gasteiger partial charge >= 0.3 is 0 Å². The van der Waals surface area contributed by atoms with Crippen LogP contribution in [0, 0.1) is 0 Å². The van der Waals surface area contributed by atoms with Gasteiger partial charge in [-0.15, -0.1) is 11.6 Å². The van der Waals surface area contributed by atoms with Gasteiger partial charge in [0.15, 0.2) is 6.29 Å². The molecule has 162 valence electrons. The van der Waals surface area contributed by atoms with Crippen molar-refractivity contribution in [2.45, 2.75) is 24.2 Å². The fourth-order valence-electron chi connectivity index (χ4n) is 4.23. The van der Waals surface area contributed by atoms with Crippen molar-refractivity contribution in [1.82, 2.24) is 20.8 Å². The van der Waals surface area contributed by atoms with Crippen LogP contribution in [0.25, 0.3) is 10.9 Å². The number of morpholine rings is 1. The lowest BCUT2D eigenvalue weighted by molar-refractivity contribution is -0.121. The maximum absolute atomic E-state index is 12.9. The molecule has 9 heteroatoms. The summed E-state index contributed by atoms with van der Waals surface area (Å²) in [6.07, 6.45) is 1.60. The highest BCUT2D eigenvalue weighted by atomic mass is 35.5. The molecule has 0 radical (unpaired) electrons. The van der Waals surface area contributed by atoms with Gasteiger partial charge in [-0.25, -0.2) is 0 Å². The summed E-state index contributed by atoms with van der Waals surface area (Å²) in [6, 6.07) is 13.8. The van der Waals surface area contributed by atoms with Crippen LogP contribution in [-0.2, 0) is 9.53 Å². The van der Waals surface area contributed by atoms with Crippen LogP contribution in [0.5, 0.6) is 0 Å². The minimum absolute atomic E-state index is 0.0561. The summed E-state index contributed by atoms with van der Waals surface area (Å²) in [6.45, 7) is 3.02.